The van der Waals surface area contributed by atoms with Gasteiger partial charge in [0.25, 0.3) is 0 Å². The predicted molar refractivity (Wildman–Crippen MR) is 55.4 cm³/mol. The molecule has 6 nitrogen and oxygen atoms in total. The fraction of sp³-hybridized carbons (Fsp3) is 0.889. The van der Waals surface area contributed by atoms with Crippen molar-refractivity contribution in [1.82, 2.24) is 10.6 Å². The van der Waals surface area contributed by atoms with Gasteiger partial charge in [0.1, 0.15) is 5.54 Å². The van der Waals surface area contributed by atoms with E-state index in [-0.39, 0.29) is 0 Å². The van der Waals surface area contributed by atoms with Crippen molar-refractivity contribution in [3.05, 3.63) is 0 Å². The standard InChI is InChI=1S/C9H20N2O4/c1-2-3-4-10-8(15)11-9(5-12,6-13)7-14/h12-14H,2-7H2,1H3,(H2,10,11,15). The Kier molecular flexibility index (Phi) is 7.02. The van der Waals surface area contributed by atoms with Gasteiger partial charge in [-0.3, -0.25) is 0 Å². The summed E-state index contributed by atoms with van der Waals surface area (Å²) in [5.74, 6) is 0. The van der Waals surface area contributed by atoms with E-state index in [1.165, 1.54) is 0 Å². The van der Waals surface area contributed by atoms with Crippen molar-refractivity contribution in [1.29, 1.82) is 0 Å². The molecule has 0 bridgehead atoms. The molecule has 0 saturated carbocycles. The number of aliphatic hydroxyl groups is 3. The molecule has 0 atom stereocenters. The molecule has 5 N–H and O–H groups in total. The summed E-state index contributed by atoms with van der Waals surface area (Å²) in [5.41, 5.74) is -1.35. The lowest BCUT2D eigenvalue weighted by molar-refractivity contribution is 0.0493. The minimum atomic E-state index is -1.35. The van der Waals surface area contributed by atoms with Crippen molar-refractivity contribution in [3.63, 3.8) is 0 Å². The van der Waals surface area contributed by atoms with Crippen molar-refractivity contribution in [2.45, 2.75) is 25.3 Å². The lowest BCUT2D eigenvalue weighted by atomic mass is 10.0. The summed E-state index contributed by atoms with van der Waals surface area (Å²) in [6, 6.07) is -0.499. The van der Waals surface area contributed by atoms with Crippen LogP contribution in [-0.4, -0.2) is 53.3 Å². The second-order valence-electron chi connectivity index (χ2n) is 3.49. The van der Waals surface area contributed by atoms with E-state index >= 15 is 0 Å². The molecular formula is C9H20N2O4. The average molecular weight is 220 g/mol. The van der Waals surface area contributed by atoms with Gasteiger partial charge in [-0.25, -0.2) is 4.79 Å². The Morgan fingerprint density at radius 1 is 1.20 bits per heavy atom. The quantitative estimate of drug-likeness (QED) is 0.348. The molecule has 0 rings (SSSR count). The summed E-state index contributed by atoms with van der Waals surface area (Å²) in [5, 5.41) is 31.7. The van der Waals surface area contributed by atoms with Gasteiger partial charge in [0.05, 0.1) is 19.8 Å². The predicted octanol–water partition coefficient (Wildman–Crippen LogP) is -1.20. The van der Waals surface area contributed by atoms with Crippen LogP contribution < -0.4 is 10.6 Å². The zero-order valence-electron chi connectivity index (χ0n) is 8.99. The zero-order chi connectivity index (χ0) is 11.7. The van der Waals surface area contributed by atoms with Crippen LogP contribution in [0.25, 0.3) is 0 Å². The molecule has 90 valence electrons. The number of hydrogen-bond acceptors (Lipinski definition) is 4. The van der Waals surface area contributed by atoms with Gasteiger partial charge in [0.2, 0.25) is 0 Å². The summed E-state index contributed by atoms with van der Waals surface area (Å²) in [4.78, 5) is 11.3. The molecule has 0 aromatic carbocycles. The Morgan fingerprint density at radius 2 is 1.73 bits per heavy atom. The number of carbonyl (C=O) groups excluding carboxylic acids is 1. The maximum absolute atomic E-state index is 11.3. The van der Waals surface area contributed by atoms with E-state index in [0.29, 0.717) is 6.54 Å². The molecule has 0 heterocycles. The molecule has 0 aromatic heterocycles. The first kappa shape index (κ1) is 14.2. The Labute approximate surface area is 89.3 Å². The van der Waals surface area contributed by atoms with Gasteiger partial charge < -0.3 is 26.0 Å². The SMILES string of the molecule is CCCCNC(=O)NC(CO)(CO)CO. The van der Waals surface area contributed by atoms with E-state index in [2.05, 4.69) is 10.6 Å². The van der Waals surface area contributed by atoms with Crippen molar-refractivity contribution < 1.29 is 20.1 Å². The maximum Gasteiger partial charge on any atom is 0.315 e. The molecule has 0 saturated heterocycles. The maximum atomic E-state index is 11.3. The lowest BCUT2D eigenvalue weighted by Gasteiger charge is -2.28. The highest BCUT2D eigenvalue weighted by Crippen LogP contribution is 2.00. The average Bonchev–Trinajstić information content (AvgIpc) is 2.26. The molecule has 0 spiro atoms. The van der Waals surface area contributed by atoms with Crippen LogP contribution >= 0.6 is 0 Å². The highest BCUT2D eigenvalue weighted by Gasteiger charge is 2.29. The minimum Gasteiger partial charge on any atom is -0.394 e. The molecule has 2 amide bonds. The van der Waals surface area contributed by atoms with Crippen molar-refractivity contribution >= 4 is 6.03 Å². The highest BCUT2D eigenvalue weighted by molar-refractivity contribution is 5.74. The number of nitrogens with one attached hydrogen (secondary N) is 2. The van der Waals surface area contributed by atoms with E-state index in [1.807, 2.05) is 6.92 Å². The first-order chi connectivity index (χ1) is 7.14. The molecule has 15 heavy (non-hydrogen) atoms. The van der Waals surface area contributed by atoms with Crippen molar-refractivity contribution in [3.8, 4) is 0 Å². The van der Waals surface area contributed by atoms with Crippen LogP contribution in [0.2, 0.25) is 0 Å². The van der Waals surface area contributed by atoms with Gasteiger partial charge in [0.15, 0.2) is 0 Å². The third-order valence-corrected chi connectivity index (χ3v) is 2.10. The third kappa shape index (κ3) is 4.96. The monoisotopic (exact) mass is 220 g/mol. The van der Waals surface area contributed by atoms with Crippen LogP contribution in [0.5, 0.6) is 0 Å². The molecule has 0 unspecified atom stereocenters. The number of aliphatic hydroxyl groups excluding tert-OH is 3. The fourth-order valence-corrected chi connectivity index (χ4v) is 0.932. The van der Waals surface area contributed by atoms with Crippen LogP contribution in [0.3, 0.4) is 0 Å². The van der Waals surface area contributed by atoms with E-state index in [4.69, 9.17) is 15.3 Å². The van der Waals surface area contributed by atoms with Crippen LogP contribution in [0, 0.1) is 0 Å². The molecule has 0 aliphatic carbocycles. The summed E-state index contributed by atoms with van der Waals surface area (Å²) in [7, 11) is 0. The van der Waals surface area contributed by atoms with Gasteiger partial charge in [0, 0.05) is 6.54 Å². The van der Waals surface area contributed by atoms with E-state index < -0.39 is 31.4 Å². The zero-order valence-corrected chi connectivity index (χ0v) is 8.99. The topological polar surface area (TPSA) is 102 Å². The van der Waals surface area contributed by atoms with Gasteiger partial charge in [-0.2, -0.15) is 0 Å². The van der Waals surface area contributed by atoms with Gasteiger partial charge in [-0.1, -0.05) is 13.3 Å². The summed E-state index contributed by atoms with van der Waals surface area (Å²) in [6.07, 6.45) is 1.82. The van der Waals surface area contributed by atoms with E-state index in [0.717, 1.165) is 12.8 Å². The number of amides is 2. The largest absolute Gasteiger partial charge is 0.394 e. The second kappa shape index (κ2) is 7.44. The minimum absolute atomic E-state index is 0.499. The first-order valence-electron chi connectivity index (χ1n) is 5.02. The molecule has 0 aliphatic heterocycles. The Morgan fingerprint density at radius 3 is 2.13 bits per heavy atom. The van der Waals surface area contributed by atoms with Crippen LogP contribution in [0.4, 0.5) is 4.79 Å². The number of hydrogen-bond donors (Lipinski definition) is 5. The van der Waals surface area contributed by atoms with Gasteiger partial charge in [-0.05, 0) is 6.42 Å². The molecule has 0 fully saturated rings. The molecule has 0 aromatic rings. The number of urea groups is 1. The number of rotatable bonds is 7. The van der Waals surface area contributed by atoms with Gasteiger partial charge in [-0.15, -0.1) is 0 Å². The molecular weight excluding hydrogens is 200 g/mol. The third-order valence-electron chi connectivity index (χ3n) is 2.10. The Bertz CT molecular complexity index is 175. The number of carbonyl (C=O) groups is 1. The second-order valence-corrected chi connectivity index (χ2v) is 3.49. The van der Waals surface area contributed by atoms with Crippen LogP contribution in [-0.2, 0) is 0 Å². The summed E-state index contributed by atoms with van der Waals surface area (Å²) < 4.78 is 0. The Hall–Kier alpha value is -0.850. The van der Waals surface area contributed by atoms with Crippen molar-refractivity contribution in [2.75, 3.05) is 26.4 Å². The molecule has 6 heteroatoms. The normalized spacial score (nSPS) is 11.2. The van der Waals surface area contributed by atoms with Crippen molar-refractivity contribution in [2.24, 2.45) is 0 Å². The smallest absolute Gasteiger partial charge is 0.315 e. The number of unbranched alkanes of at least 4 members (excludes halogenated alkanes) is 1. The van der Waals surface area contributed by atoms with Crippen LogP contribution in [0.15, 0.2) is 0 Å². The summed E-state index contributed by atoms with van der Waals surface area (Å²) in [6.45, 7) is 0.989. The first-order valence-corrected chi connectivity index (χ1v) is 5.02. The van der Waals surface area contributed by atoms with E-state index in [1.54, 1.807) is 0 Å². The summed E-state index contributed by atoms with van der Waals surface area (Å²) >= 11 is 0. The molecule has 0 radical (unpaired) electrons. The van der Waals surface area contributed by atoms with Crippen LogP contribution in [0.1, 0.15) is 19.8 Å². The Balaban J connectivity index is 4.00. The van der Waals surface area contributed by atoms with E-state index in [9.17, 15) is 4.79 Å². The van der Waals surface area contributed by atoms with Gasteiger partial charge >= 0.3 is 6.03 Å². The highest BCUT2D eigenvalue weighted by atomic mass is 16.3. The molecule has 0 aliphatic rings. The lowest BCUT2D eigenvalue weighted by Crippen LogP contribution is -2.59. The fourth-order valence-electron chi connectivity index (χ4n) is 0.932.